The number of unbranched alkanes of at least 4 members (excludes halogenated alkanes) is 3. The summed E-state index contributed by atoms with van der Waals surface area (Å²) in [5, 5.41) is 9.31. The topological polar surface area (TPSA) is 67.2 Å². The highest BCUT2D eigenvalue weighted by Gasteiger charge is 2.10. The number of aromatic nitrogens is 2. The van der Waals surface area contributed by atoms with Gasteiger partial charge < -0.3 is 9.84 Å². The fourth-order valence-corrected chi connectivity index (χ4v) is 1.35. The SMILES string of the molecule is CCCCCCOc1c(O)[nH]c(=O)n1C. The van der Waals surface area contributed by atoms with Crippen molar-refractivity contribution in [1.29, 1.82) is 0 Å². The maximum atomic E-state index is 11.1. The first-order chi connectivity index (χ1) is 7.16. The number of imidazole rings is 1. The predicted octanol–water partition coefficient (Wildman–Crippen LogP) is 1.38. The van der Waals surface area contributed by atoms with E-state index in [1.165, 1.54) is 17.4 Å². The lowest BCUT2D eigenvalue weighted by Crippen LogP contribution is -2.14. The third-order valence-corrected chi connectivity index (χ3v) is 2.27. The van der Waals surface area contributed by atoms with Crippen LogP contribution < -0.4 is 10.4 Å². The molecule has 1 aromatic heterocycles. The Kier molecular flexibility index (Phi) is 4.27. The van der Waals surface area contributed by atoms with E-state index < -0.39 is 0 Å². The Labute approximate surface area is 88.7 Å². The van der Waals surface area contributed by atoms with Crippen molar-refractivity contribution < 1.29 is 9.84 Å². The number of aromatic amines is 1. The van der Waals surface area contributed by atoms with Gasteiger partial charge in [-0.05, 0) is 6.42 Å². The lowest BCUT2D eigenvalue weighted by atomic mass is 10.2. The molecule has 15 heavy (non-hydrogen) atoms. The molecule has 0 saturated carbocycles. The molecule has 0 saturated heterocycles. The van der Waals surface area contributed by atoms with Crippen LogP contribution in [0.5, 0.6) is 11.8 Å². The van der Waals surface area contributed by atoms with Crippen LogP contribution in [0.2, 0.25) is 0 Å². The summed E-state index contributed by atoms with van der Waals surface area (Å²) in [5.74, 6) is 0.0227. The van der Waals surface area contributed by atoms with Gasteiger partial charge in [-0.15, -0.1) is 0 Å². The smallest absolute Gasteiger partial charge is 0.331 e. The summed E-state index contributed by atoms with van der Waals surface area (Å²) in [5.41, 5.74) is -0.365. The van der Waals surface area contributed by atoms with E-state index in [1.807, 2.05) is 0 Å². The summed E-state index contributed by atoms with van der Waals surface area (Å²) < 4.78 is 6.58. The quantitative estimate of drug-likeness (QED) is 0.703. The maximum Gasteiger partial charge on any atom is 0.331 e. The Morgan fingerprint density at radius 1 is 1.40 bits per heavy atom. The number of nitrogens with one attached hydrogen (secondary N) is 1. The van der Waals surface area contributed by atoms with Gasteiger partial charge in [0.2, 0.25) is 0 Å². The third kappa shape index (κ3) is 3.04. The van der Waals surface area contributed by atoms with Crippen LogP contribution >= 0.6 is 0 Å². The van der Waals surface area contributed by atoms with Gasteiger partial charge in [-0.1, -0.05) is 26.2 Å². The molecular weight excluding hydrogens is 196 g/mol. The summed E-state index contributed by atoms with van der Waals surface area (Å²) in [6.45, 7) is 2.67. The molecule has 2 N–H and O–H groups in total. The normalized spacial score (nSPS) is 10.5. The monoisotopic (exact) mass is 214 g/mol. The zero-order chi connectivity index (χ0) is 11.3. The zero-order valence-electron chi connectivity index (χ0n) is 9.25. The lowest BCUT2D eigenvalue weighted by Gasteiger charge is -2.05. The summed E-state index contributed by atoms with van der Waals surface area (Å²) in [7, 11) is 1.56. The molecule has 0 bridgehead atoms. The number of nitrogens with zero attached hydrogens (tertiary/aromatic N) is 1. The number of rotatable bonds is 6. The van der Waals surface area contributed by atoms with Crippen LogP contribution in [-0.4, -0.2) is 21.3 Å². The third-order valence-electron chi connectivity index (χ3n) is 2.27. The molecule has 0 spiro atoms. The summed E-state index contributed by atoms with van der Waals surface area (Å²) in [6.07, 6.45) is 4.40. The summed E-state index contributed by atoms with van der Waals surface area (Å²) in [4.78, 5) is 13.3. The van der Waals surface area contributed by atoms with Crippen LogP contribution in [0.3, 0.4) is 0 Å². The second-order valence-electron chi connectivity index (χ2n) is 3.55. The minimum Gasteiger partial charge on any atom is -0.491 e. The van der Waals surface area contributed by atoms with Gasteiger partial charge in [-0.25, -0.2) is 4.79 Å². The fraction of sp³-hybridized carbons (Fsp3) is 0.700. The molecule has 5 heteroatoms. The van der Waals surface area contributed by atoms with Gasteiger partial charge in [-0.2, -0.15) is 0 Å². The van der Waals surface area contributed by atoms with Crippen molar-refractivity contribution in [2.45, 2.75) is 32.6 Å². The largest absolute Gasteiger partial charge is 0.491 e. The summed E-state index contributed by atoms with van der Waals surface area (Å²) in [6, 6.07) is 0. The Hall–Kier alpha value is -1.39. The molecule has 1 heterocycles. The van der Waals surface area contributed by atoms with E-state index in [9.17, 15) is 9.90 Å². The number of H-pyrrole nitrogens is 1. The number of ether oxygens (including phenoxy) is 1. The molecule has 0 radical (unpaired) electrons. The molecule has 0 aromatic carbocycles. The highest BCUT2D eigenvalue weighted by atomic mass is 16.5. The van der Waals surface area contributed by atoms with Crippen LogP contribution in [0, 0.1) is 0 Å². The molecule has 0 aliphatic heterocycles. The van der Waals surface area contributed by atoms with E-state index in [2.05, 4.69) is 11.9 Å². The Morgan fingerprint density at radius 2 is 2.13 bits per heavy atom. The number of aromatic hydroxyl groups is 1. The van der Waals surface area contributed by atoms with Crippen LogP contribution in [0.1, 0.15) is 32.6 Å². The van der Waals surface area contributed by atoms with Gasteiger partial charge in [0.1, 0.15) is 0 Å². The van der Waals surface area contributed by atoms with Gasteiger partial charge >= 0.3 is 5.69 Å². The van der Waals surface area contributed by atoms with Gasteiger partial charge in [0, 0.05) is 7.05 Å². The molecule has 0 amide bonds. The van der Waals surface area contributed by atoms with E-state index in [4.69, 9.17) is 4.74 Å². The first-order valence-electron chi connectivity index (χ1n) is 5.27. The highest BCUT2D eigenvalue weighted by Crippen LogP contribution is 2.19. The van der Waals surface area contributed by atoms with Crippen LogP contribution in [0.25, 0.3) is 0 Å². The molecule has 0 fully saturated rings. The minimum atomic E-state index is -0.365. The predicted molar refractivity (Wildman–Crippen MR) is 57.3 cm³/mol. The standard InChI is InChI=1S/C10H18N2O3/c1-3-4-5-6-7-15-9-8(13)11-10(14)12(9)2/h13H,3-7H2,1-2H3,(H,11,14). The molecule has 0 atom stereocenters. The number of hydrogen-bond donors (Lipinski definition) is 2. The molecule has 0 aliphatic rings. The lowest BCUT2D eigenvalue weighted by molar-refractivity contribution is 0.268. The van der Waals surface area contributed by atoms with E-state index in [-0.39, 0.29) is 17.4 Å². The fourth-order valence-electron chi connectivity index (χ4n) is 1.35. The minimum absolute atomic E-state index is 0.196. The van der Waals surface area contributed by atoms with Crippen LogP contribution in [-0.2, 0) is 7.05 Å². The maximum absolute atomic E-state index is 11.1. The van der Waals surface area contributed by atoms with E-state index in [0.717, 1.165) is 12.8 Å². The van der Waals surface area contributed by atoms with Crippen molar-refractivity contribution in [3.8, 4) is 11.8 Å². The van der Waals surface area contributed by atoms with Crippen molar-refractivity contribution in [2.75, 3.05) is 6.61 Å². The molecule has 0 unspecified atom stereocenters. The second kappa shape index (κ2) is 5.48. The van der Waals surface area contributed by atoms with Crippen LogP contribution in [0.15, 0.2) is 4.79 Å². The molecule has 1 rings (SSSR count). The van der Waals surface area contributed by atoms with Gasteiger partial charge in [0.05, 0.1) is 6.61 Å². The van der Waals surface area contributed by atoms with Gasteiger partial charge in [-0.3, -0.25) is 9.55 Å². The summed E-state index contributed by atoms with van der Waals surface area (Å²) >= 11 is 0. The average Bonchev–Trinajstić information content (AvgIpc) is 2.44. The Morgan fingerprint density at radius 3 is 2.67 bits per heavy atom. The highest BCUT2D eigenvalue weighted by molar-refractivity contribution is 5.24. The zero-order valence-corrected chi connectivity index (χ0v) is 9.25. The Balaban J connectivity index is 2.40. The molecule has 0 aliphatic carbocycles. The first-order valence-corrected chi connectivity index (χ1v) is 5.27. The van der Waals surface area contributed by atoms with Crippen molar-refractivity contribution in [2.24, 2.45) is 7.05 Å². The molecular formula is C10H18N2O3. The van der Waals surface area contributed by atoms with Gasteiger partial charge in [0.15, 0.2) is 0 Å². The first kappa shape index (κ1) is 11.7. The molecule has 5 nitrogen and oxygen atoms in total. The van der Waals surface area contributed by atoms with Crippen LogP contribution in [0.4, 0.5) is 0 Å². The van der Waals surface area contributed by atoms with Crippen molar-refractivity contribution in [3.63, 3.8) is 0 Å². The van der Waals surface area contributed by atoms with E-state index in [0.29, 0.717) is 6.61 Å². The van der Waals surface area contributed by atoms with E-state index >= 15 is 0 Å². The van der Waals surface area contributed by atoms with Crippen molar-refractivity contribution in [3.05, 3.63) is 10.5 Å². The second-order valence-corrected chi connectivity index (χ2v) is 3.55. The average molecular weight is 214 g/mol. The molecule has 86 valence electrons. The van der Waals surface area contributed by atoms with E-state index in [1.54, 1.807) is 7.05 Å². The van der Waals surface area contributed by atoms with Crippen molar-refractivity contribution in [1.82, 2.24) is 9.55 Å². The Bertz CT molecular complexity index is 354. The molecule has 1 aromatic rings. The number of hydrogen-bond acceptors (Lipinski definition) is 3. The van der Waals surface area contributed by atoms with Gasteiger partial charge in [0.25, 0.3) is 11.8 Å². The van der Waals surface area contributed by atoms with Crippen molar-refractivity contribution >= 4 is 0 Å².